The van der Waals surface area contributed by atoms with Gasteiger partial charge in [0.05, 0.1) is 13.2 Å². The van der Waals surface area contributed by atoms with Gasteiger partial charge < -0.3 is 10.5 Å². The van der Waals surface area contributed by atoms with Crippen LogP contribution in [-0.4, -0.2) is 7.11 Å². The van der Waals surface area contributed by atoms with E-state index in [4.69, 9.17) is 22.1 Å². The maximum atomic E-state index is 13.4. The molecule has 2 N–H and O–H groups in total. The molecule has 0 spiro atoms. The highest BCUT2D eigenvalue weighted by atomic mass is 35.5. The van der Waals surface area contributed by atoms with Gasteiger partial charge in [0.25, 0.3) is 0 Å². The summed E-state index contributed by atoms with van der Waals surface area (Å²) in [5, 5.41) is 0.718. The van der Waals surface area contributed by atoms with E-state index >= 15 is 0 Å². The van der Waals surface area contributed by atoms with Gasteiger partial charge in [-0.15, -0.1) is 0 Å². The first-order valence-electron chi connectivity index (χ1n) is 6.29. The van der Waals surface area contributed by atoms with Crippen LogP contribution in [0, 0.1) is 19.7 Å². The molecule has 106 valence electrons. The summed E-state index contributed by atoms with van der Waals surface area (Å²) in [6, 6.07) is 8.19. The molecule has 1 atom stereocenters. The predicted molar refractivity (Wildman–Crippen MR) is 79.9 cm³/mol. The van der Waals surface area contributed by atoms with Crippen molar-refractivity contribution in [2.45, 2.75) is 19.9 Å². The highest BCUT2D eigenvalue weighted by Crippen LogP contribution is 2.30. The van der Waals surface area contributed by atoms with E-state index < -0.39 is 5.82 Å². The lowest BCUT2D eigenvalue weighted by atomic mass is 9.94. The predicted octanol–water partition coefficient (Wildman–Crippen LogP) is 4.15. The van der Waals surface area contributed by atoms with E-state index in [1.807, 2.05) is 26.0 Å². The van der Waals surface area contributed by atoms with Gasteiger partial charge in [-0.2, -0.15) is 0 Å². The Morgan fingerprint density at radius 3 is 2.50 bits per heavy atom. The normalized spacial score (nSPS) is 12.3. The second-order valence-electron chi connectivity index (χ2n) is 4.83. The summed E-state index contributed by atoms with van der Waals surface area (Å²) < 4.78 is 18.4. The van der Waals surface area contributed by atoms with Gasteiger partial charge in [0.2, 0.25) is 0 Å². The standard InChI is InChI=1S/C16H17ClFNO/c1-9-7-13(17)10(2)6-12(9)16(19)11-4-5-14(18)15(8-11)20-3/h4-8,16H,19H2,1-3H3. The molecule has 2 rings (SSSR count). The molecule has 0 aliphatic rings. The van der Waals surface area contributed by atoms with Crippen LogP contribution in [0.25, 0.3) is 0 Å². The summed E-state index contributed by atoms with van der Waals surface area (Å²) >= 11 is 6.09. The van der Waals surface area contributed by atoms with Gasteiger partial charge in [0, 0.05) is 5.02 Å². The summed E-state index contributed by atoms with van der Waals surface area (Å²) in [6.45, 7) is 3.89. The van der Waals surface area contributed by atoms with Crippen LogP contribution in [0.15, 0.2) is 30.3 Å². The number of benzene rings is 2. The van der Waals surface area contributed by atoms with E-state index in [9.17, 15) is 4.39 Å². The molecule has 0 radical (unpaired) electrons. The van der Waals surface area contributed by atoms with Crippen LogP contribution in [0.3, 0.4) is 0 Å². The molecule has 0 heterocycles. The van der Waals surface area contributed by atoms with Crippen molar-refractivity contribution in [2.75, 3.05) is 7.11 Å². The summed E-state index contributed by atoms with van der Waals surface area (Å²) in [4.78, 5) is 0. The largest absolute Gasteiger partial charge is 0.494 e. The first kappa shape index (κ1) is 14.8. The Hall–Kier alpha value is -1.58. The van der Waals surface area contributed by atoms with Crippen LogP contribution in [0.5, 0.6) is 5.75 Å². The Kier molecular flexibility index (Phi) is 4.31. The second-order valence-corrected chi connectivity index (χ2v) is 5.24. The van der Waals surface area contributed by atoms with Crippen molar-refractivity contribution in [1.29, 1.82) is 0 Å². The van der Waals surface area contributed by atoms with Crippen LogP contribution in [-0.2, 0) is 0 Å². The highest BCUT2D eigenvalue weighted by Gasteiger charge is 2.15. The number of nitrogens with two attached hydrogens (primary N) is 1. The third-order valence-corrected chi connectivity index (χ3v) is 3.82. The topological polar surface area (TPSA) is 35.2 Å². The molecule has 0 aliphatic carbocycles. The molecule has 0 bridgehead atoms. The lowest BCUT2D eigenvalue weighted by Crippen LogP contribution is -2.14. The van der Waals surface area contributed by atoms with E-state index in [-0.39, 0.29) is 11.8 Å². The monoisotopic (exact) mass is 293 g/mol. The fourth-order valence-electron chi connectivity index (χ4n) is 2.19. The minimum atomic E-state index is -0.396. The van der Waals surface area contributed by atoms with Gasteiger partial charge in [0.15, 0.2) is 11.6 Å². The van der Waals surface area contributed by atoms with Crippen molar-refractivity contribution >= 4 is 11.6 Å². The Labute approximate surface area is 123 Å². The number of rotatable bonds is 3. The Morgan fingerprint density at radius 1 is 1.15 bits per heavy atom. The van der Waals surface area contributed by atoms with Gasteiger partial charge in [-0.25, -0.2) is 4.39 Å². The maximum absolute atomic E-state index is 13.4. The van der Waals surface area contributed by atoms with Crippen molar-refractivity contribution in [1.82, 2.24) is 0 Å². The van der Waals surface area contributed by atoms with Gasteiger partial charge in [-0.3, -0.25) is 0 Å². The number of methoxy groups -OCH3 is 1. The molecule has 4 heteroatoms. The SMILES string of the molecule is COc1cc(C(N)c2cc(C)c(Cl)cc2C)ccc1F. The van der Waals surface area contributed by atoms with Crippen molar-refractivity contribution in [3.63, 3.8) is 0 Å². The summed E-state index contributed by atoms with van der Waals surface area (Å²) in [5.41, 5.74) is 10.0. The zero-order valence-corrected chi connectivity index (χ0v) is 12.5. The van der Waals surface area contributed by atoms with Gasteiger partial charge in [0.1, 0.15) is 0 Å². The van der Waals surface area contributed by atoms with Crippen molar-refractivity contribution in [2.24, 2.45) is 5.73 Å². The van der Waals surface area contributed by atoms with Gasteiger partial charge in [-0.1, -0.05) is 23.7 Å². The van der Waals surface area contributed by atoms with E-state index in [2.05, 4.69) is 0 Å². The third-order valence-electron chi connectivity index (χ3n) is 3.42. The molecule has 0 aliphatic heterocycles. The van der Waals surface area contributed by atoms with Crippen LogP contribution in [0.1, 0.15) is 28.3 Å². The number of hydrogen-bond acceptors (Lipinski definition) is 2. The molecule has 2 aromatic rings. The molecule has 1 unspecified atom stereocenters. The quantitative estimate of drug-likeness (QED) is 0.922. The lowest BCUT2D eigenvalue weighted by molar-refractivity contribution is 0.385. The third kappa shape index (κ3) is 2.79. The van der Waals surface area contributed by atoms with Crippen molar-refractivity contribution in [3.05, 3.63) is 63.4 Å². The second kappa shape index (κ2) is 5.81. The zero-order valence-electron chi connectivity index (χ0n) is 11.7. The highest BCUT2D eigenvalue weighted by molar-refractivity contribution is 6.31. The molecular formula is C16H17ClFNO. The van der Waals surface area contributed by atoms with Crippen LogP contribution in [0.4, 0.5) is 4.39 Å². The van der Waals surface area contributed by atoms with Gasteiger partial charge >= 0.3 is 0 Å². The average molecular weight is 294 g/mol. The molecule has 0 saturated carbocycles. The number of aryl methyl sites for hydroxylation is 2. The van der Waals surface area contributed by atoms with E-state index in [0.717, 1.165) is 27.3 Å². The average Bonchev–Trinajstić information content (AvgIpc) is 2.42. The van der Waals surface area contributed by atoms with Crippen LogP contribution < -0.4 is 10.5 Å². The molecule has 2 nitrogen and oxygen atoms in total. The fraction of sp³-hybridized carbons (Fsp3) is 0.250. The number of ether oxygens (including phenoxy) is 1. The molecule has 0 fully saturated rings. The minimum absolute atomic E-state index is 0.196. The molecule has 2 aromatic carbocycles. The van der Waals surface area contributed by atoms with E-state index in [1.165, 1.54) is 13.2 Å². The first-order chi connectivity index (χ1) is 9.43. The molecule has 0 aromatic heterocycles. The van der Waals surface area contributed by atoms with E-state index in [0.29, 0.717) is 0 Å². The van der Waals surface area contributed by atoms with Crippen molar-refractivity contribution in [3.8, 4) is 5.75 Å². The fourth-order valence-corrected chi connectivity index (χ4v) is 2.41. The Morgan fingerprint density at radius 2 is 1.85 bits per heavy atom. The minimum Gasteiger partial charge on any atom is -0.494 e. The number of hydrogen-bond donors (Lipinski definition) is 1. The summed E-state index contributed by atoms with van der Waals surface area (Å²) in [6.07, 6.45) is 0. The van der Waals surface area contributed by atoms with Gasteiger partial charge in [-0.05, 0) is 54.3 Å². The Bertz CT molecular complexity index is 643. The first-order valence-corrected chi connectivity index (χ1v) is 6.67. The lowest BCUT2D eigenvalue weighted by Gasteiger charge is -2.17. The van der Waals surface area contributed by atoms with Crippen LogP contribution in [0.2, 0.25) is 5.02 Å². The molecular weight excluding hydrogens is 277 g/mol. The summed E-state index contributed by atoms with van der Waals surface area (Å²) in [5.74, 6) is -0.200. The zero-order chi connectivity index (χ0) is 14.9. The van der Waals surface area contributed by atoms with E-state index in [1.54, 1.807) is 12.1 Å². The Balaban J connectivity index is 2.46. The molecule has 20 heavy (non-hydrogen) atoms. The number of halogens is 2. The van der Waals surface area contributed by atoms with Crippen LogP contribution >= 0.6 is 11.6 Å². The molecule has 0 amide bonds. The summed E-state index contributed by atoms with van der Waals surface area (Å²) in [7, 11) is 1.44. The molecule has 0 saturated heterocycles. The van der Waals surface area contributed by atoms with Crippen molar-refractivity contribution < 1.29 is 9.13 Å². The smallest absolute Gasteiger partial charge is 0.165 e. The maximum Gasteiger partial charge on any atom is 0.165 e.